The van der Waals surface area contributed by atoms with Crippen LogP contribution in [0, 0.1) is 11.8 Å². The summed E-state index contributed by atoms with van der Waals surface area (Å²) in [5.41, 5.74) is 1.90. The van der Waals surface area contributed by atoms with Gasteiger partial charge in [0.25, 0.3) is 0 Å². The molecule has 9 nitrogen and oxygen atoms in total. The second-order valence-corrected chi connectivity index (χ2v) is 9.51. The van der Waals surface area contributed by atoms with Gasteiger partial charge in [-0.1, -0.05) is 38.3 Å². The number of ketones is 1. The van der Waals surface area contributed by atoms with E-state index in [-0.39, 0.29) is 48.7 Å². The molecule has 194 valence electrons. The number of aryl methyl sites for hydroxylation is 1. The molecule has 0 aliphatic heterocycles. The molecular formula is C27H36N4O5. The number of aliphatic carboxylic acids is 1. The van der Waals surface area contributed by atoms with Crippen LogP contribution in [0.3, 0.4) is 0 Å². The van der Waals surface area contributed by atoms with Crippen molar-refractivity contribution in [3.63, 3.8) is 0 Å². The van der Waals surface area contributed by atoms with Crippen LogP contribution < -0.4 is 10.6 Å². The van der Waals surface area contributed by atoms with Crippen molar-refractivity contribution in [1.29, 1.82) is 0 Å². The lowest BCUT2D eigenvalue weighted by molar-refractivity contribution is -0.141. The summed E-state index contributed by atoms with van der Waals surface area (Å²) in [6.07, 6.45) is 8.06. The molecule has 9 heteroatoms. The lowest BCUT2D eigenvalue weighted by Crippen LogP contribution is -2.42. The van der Waals surface area contributed by atoms with Gasteiger partial charge >= 0.3 is 5.97 Å². The Bertz CT molecular complexity index is 1060. The minimum atomic E-state index is -1.09. The van der Waals surface area contributed by atoms with Crippen molar-refractivity contribution in [3.8, 4) is 0 Å². The number of carboxylic acids is 1. The predicted molar refractivity (Wildman–Crippen MR) is 135 cm³/mol. The first-order valence-electron chi connectivity index (χ1n) is 12.7. The number of nitrogens with one attached hydrogen (secondary N) is 2. The van der Waals surface area contributed by atoms with Crippen molar-refractivity contribution >= 4 is 29.3 Å². The molecule has 3 rings (SSSR count). The van der Waals surface area contributed by atoms with E-state index in [2.05, 4.69) is 15.7 Å². The molecule has 2 aromatic rings. The molecule has 2 atom stereocenters. The molecule has 0 saturated heterocycles. The highest BCUT2D eigenvalue weighted by Gasteiger charge is 2.30. The number of Topliss-reactive ketones (excluding diaryl/α,β-unsaturated/α-hetero) is 1. The summed E-state index contributed by atoms with van der Waals surface area (Å²) in [4.78, 5) is 49.1. The second kappa shape index (κ2) is 13.0. The van der Waals surface area contributed by atoms with E-state index in [1.807, 2.05) is 0 Å². The van der Waals surface area contributed by atoms with Crippen molar-refractivity contribution < 1.29 is 24.3 Å². The highest BCUT2D eigenvalue weighted by Crippen LogP contribution is 2.33. The van der Waals surface area contributed by atoms with Gasteiger partial charge in [0.2, 0.25) is 11.8 Å². The minimum Gasteiger partial charge on any atom is -0.480 e. The molecule has 1 aliphatic rings. The van der Waals surface area contributed by atoms with Gasteiger partial charge in [-0.2, -0.15) is 5.10 Å². The molecule has 36 heavy (non-hydrogen) atoms. The lowest BCUT2D eigenvalue weighted by atomic mass is 9.77. The molecule has 1 fully saturated rings. The highest BCUT2D eigenvalue weighted by molar-refractivity contribution is 5.96. The number of benzene rings is 1. The number of carbonyl (C=O) groups excluding carboxylic acids is 3. The van der Waals surface area contributed by atoms with Crippen molar-refractivity contribution in [1.82, 2.24) is 15.1 Å². The van der Waals surface area contributed by atoms with Gasteiger partial charge < -0.3 is 15.7 Å². The smallest absolute Gasteiger partial charge is 0.326 e. The first-order chi connectivity index (χ1) is 17.3. The van der Waals surface area contributed by atoms with Crippen molar-refractivity contribution in [3.05, 3.63) is 47.8 Å². The molecule has 1 saturated carbocycles. The number of hydrogen-bond donors (Lipinski definition) is 3. The largest absolute Gasteiger partial charge is 0.480 e. The Morgan fingerprint density at radius 3 is 2.36 bits per heavy atom. The zero-order chi connectivity index (χ0) is 26.1. The normalized spacial score (nSPS) is 15.6. The first-order valence-corrected chi connectivity index (χ1v) is 12.7. The summed E-state index contributed by atoms with van der Waals surface area (Å²) in [5, 5.41) is 19.0. The Morgan fingerprint density at radius 1 is 1.08 bits per heavy atom. The highest BCUT2D eigenvalue weighted by atomic mass is 16.4. The van der Waals surface area contributed by atoms with E-state index in [9.17, 15) is 24.3 Å². The van der Waals surface area contributed by atoms with Crippen LogP contribution in [-0.2, 0) is 27.9 Å². The second-order valence-electron chi connectivity index (χ2n) is 9.51. The summed E-state index contributed by atoms with van der Waals surface area (Å²) >= 11 is 0. The molecular weight excluding hydrogens is 460 g/mol. The summed E-state index contributed by atoms with van der Waals surface area (Å²) in [6.45, 7) is 1.67. The third kappa shape index (κ3) is 7.50. The van der Waals surface area contributed by atoms with Crippen LogP contribution in [0.2, 0.25) is 0 Å². The number of amides is 2. The Morgan fingerprint density at radius 2 is 1.78 bits per heavy atom. The molecule has 1 aliphatic carbocycles. The third-order valence-corrected chi connectivity index (χ3v) is 6.96. The monoisotopic (exact) mass is 496 g/mol. The minimum absolute atomic E-state index is 0.0175. The Balaban J connectivity index is 1.64. The van der Waals surface area contributed by atoms with Crippen LogP contribution in [0.25, 0.3) is 0 Å². The molecule has 0 radical (unpaired) electrons. The fourth-order valence-electron chi connectivity index (χ4n) is 4.87. The van der Waals surface area contributed by atoms with Gasteiger partial charge in [0.15, 0.2) is 5.78 Å². The average molecular weight is 497 g/mol. The maximum Gasteiger partial charge on any atom is 0.326 e. The summed E-state index contributed by atoms with van der Waals surface area (Å²) in [6, 6.07) is 7.68. The number of rotatable bonds is 12. The van der Waals surface area contributed by atoms with Crippen molar-refractivity contribution in [2.45, 2.75) is 70.8 Å². The maximum absolute atomic E-state index is 13.3. The average Bonchev–Trinajstić information content (AvgIpc) is 3.31. The fourth-order valence-corrected chi connectivity index (χ4v) is 4.87. The molecule has 1 heterocycles. The molecule has 0 spiro atoms. The Hall–Kier alpha value is -3.49. The molecule has 3 N–H and O–H groups in total. The number of nitrogens with zero attached hydrogens (tertiary/aromatic N) is 2. The fraction of sp³-hybridized carbons (Fsp3) is 0.519. The van der Waals surface area contributed by atoms with Gasteiger partial charge in [-0.25, -0.2) is 4.79 Å². The van der Waals surface area contributed by atoms with Crippen LogP contribution in [0.15, 0.2) is 36.5 Å². The third-order valence-electron chi connectivity index (χ3n) is 6.96. The number of carboxylic acid groups (broad SMARTS) is 1. The van der Waals surface area contributed by atoms with E-state index in [0.29, 0.717) is 17.8 Å². The van der Waals surface area contributed by atoms with Crippen LogP contribution in [0.4, 0.5) is 5.69 Å². The van der Waals surface area contributed by atoms with Gasteiger partial charge in [0, 0.05) is 44.1 Å². The zero-order valence-corrected chi connectivity index (χ0v) is 21.0. The molecule has 0 bridgehead atoms. The Kier molecular flexibility index (Phi) is 9.78. The topological polar surface area (TPSA) is 130 Å². The molecule has 1 aromatic heterocycles. The van der Waals surface area contributed by atoms with Crippen molar-refractivity contribution in [2.24, 2.45) is 18.9 Å². The first kappa shape index (κ1) is 27.1. The van der Waals surface area contributed by atoms with Crippen LogP contribution >= 0.6 is 0 Å². The van der Waals surface area contributed by atoms with E-state index < -0.39 is 12.0 Å². The quantitative estimate of drug-likeness (QED) is 0.384. The van der Waals surface area contributed by atoms with E-state index >= 15 is 0 Å². The number of aromatic nitrogens is 2. The zero-order valence-electron chi connectivity index (χ0n) is 21.0. The van der Waals surface area contributed by atoms with Crippen LogP contribution in [-0.4, -0.2) is 44.5 Å². The standard InChI is InChI=1S/C27H36N4O5/c1-3-25(33)30-22(27(35)36)17-18-9-11-20(12-10-18)29-26(34)21(19-7-5-4-6-8-19)13-14-24(32)23-15-16-28-31(23)2/h9-12,15-16,19,21-22H,3-8,13-14,17H2,1-2H3,(H,29,34)(H,30,33)(H,35,36)/t21-,22+/m0/s1. The van der Waals surface area contributed by atoms with E-state index in [4.69, 9.17) is 0 Å². The number of hydrogen-bond acceptors (Lipinski definition) is 5. The Labute approximate surface area is 211 Å². The lowest BCUT2D eigenvalue weighted by Gasteiger charge is -2.29. The van der Waals surface area contributed by atoms with Gasteiger partial charge in [-0.15, -0.1) is 0 Å². The summed E-state index contributed by atoms with van der Waals surface area (Å²) in [7, 11) is 1.73. The molecule has 2 amide bonds. The van der Waals surface area contributed by atoms with Crippen molar-refractivity contribution in [2.75, 3.05) is 5.32 Å². The molecule has 0 unspecified atom stereocenters. The van der Waals surface area contributed by atoms with Gasteiger partial charge in [0.1, 0.15) is 11.7 Å². The van der Waals surface area contributed by atoms with Crippen LogP contribution in [0.1, 0.15) is 74.3 Å². The van der Waals surface area contributed by atoms with Gasteiger partial charge in [0.05, 0.1) is 0 Å². The van der Waals surface area contributed by atoms with E-state index in [1.54, 1.807) is 55.2 Å². The number of anilines is 1. The van der Waals surface area contributed by atoms with Gasteiger partial charge in [-0.05, 0) is 48.9 Å². The van der Waals surface area contributed by atoms with Gasteiger partial charge in [-0.3, -0.25) is 19.1 Å². The summed E-state index contributed by atoms with van der Waals surface area (Å²) in [5.74, 6) is -1.53. The van der Waals surface area contributed by atoms with Crippen LogP contribution in [0.5, 0.6) is 0 Å². The summed E-state index contributed by atoms with van der Waals surface area (Å²) < 4.78 is 1.56. The van der Waals surface area contributed by atoms with E-state index in [0.717, 1.165) is 31.2 Å². The predicted octanol–water partition coefficient (Wildman–Crippen LogP) is 3.74. The SMILES string of the molecule is CCC(=O)N[C@H](Cc1ccc(NC(=O)[C@@H](CCC(=O)c2ccnn2C)C2CCCCC2)cc1)C(=O)O. The molecule has 1 aromatic carbocycles. The maximum atomic E-state index is 13.3. The van der Waals surface area contributed by atoms with E-state index in [1.165, 1.54) is 6.42 Å². The number of carbonyl (C=O) groups is 4.